The molecule has 5 heteroatoms. The lowest BCUT2D eigenvalue weighted by molar-refractivity contribution is 0.103. The number of nitrogens with one attached hydrogen (secondary N) is 1. The zero-order valence-corrected chi connectivity index (χ0v) is 13.3. The summed E-state index contributed by atoms with van der Waals surface area (Å²) in [6.45, 7) is 0. The van der Waals surface area contributed by atoms with E-state index in [-0.39, 0.29) is 11.3 Å². The lowest BCUT2D eigenvalue weighted by Crippen LogP contribution is -2.03. The van der Waals surface area contributed by atoms with E-state index < -0.39 is 5.82 Å². The Balaban J connectivity index is 2.15. The van der Waals surface area contributed by atoms with E-state index in [0.29, 0.717) is 10.0 Å². The molecule has 3 rings (SSSR count). The molecule has 3 aromatic rings. The summed E-state index contributed by atoms with van der Waals surface area (Å²) in [5.74, 6) is -0.859. The van der Waals surface area contributed by atoms with Gasteiger partial charge in [0.1, 0.15) is 5.82 Å². The van der Waals surface area contributed by atoms with Crippen LogP contribution in [0, 0.1) is 5.82 Å². The smallest absolute Gasteiger partial charge is 0.198 e. The van der Waals surface area contributed by atoms with Gasteiger partial charge in [-0.25, -0.2) is 4.39 Å². The predicted octanol–water partition coefficient (Wildman–Crippen LogP) is 5.06. The summed E-state index contributed by atoms with van der Waals surface area (Å²) in [6, 6.07) is 9.91. The van der Waals surface area contributed by atoms with E-state index in [1.165, 1.54) is 12.1 Å². The molecule has 0 aliphatic heterocycles. The molecule has 0 saturated carbocycles. The van der Waals surface area contributed by atoms with Crippen LogP contribution in [0.1, 0.15) is 15.9 Å². The SMILES string of the molecule is O=C(c1cc(Br)ccc1F)c1c[nH]c2cc(Br)ccc12. The van der Waals surface area contributed by atoms with E-state index in [1.807, 2.05) is 18.2 Å². The van der Waals surface area contributed by atoms with Gasteiger partial charge >= 0.3 is 0 Å². The second kappa shape index (κ2) is 5.14. The Bertz CT molecular complexity index is 826. The number of aromatic nitrogens is 1. The van der Waals surface area contributed by atoms with Crippen LogP contribution in [-0.4, -0.2) is 10.8 Å². The Morgan fingerprint density at radius 3 is 2.50 bits per heavy atom. The molecule has 1 N–H and O–H groups in total. The van der Waals surface area contributed by atoms with Crippen LogP contribution in [0.3, 0.4) is 0 Å². The van der Waals surface area contributed by atoms with Crippen molar-refractivity contribution >= 4 is 48.5 Å². The summed E-state index contributed by atoms with van der Waals surface area (Å²) >= 11 is 6.63. The van der Waals surface area contributed by atoms with E-state index in [0.717, 1.165) is 15.4 Å². The minimum absolute atomic E-state index is 0.0585. The molecule has 1 heterocycles. The van der Waals surface area contributed by atoms with E-state index in [1.54, 1.807) is 12.3 Å². The molecule has 1 aromatic heterocycles. The van der Waals surface area contributed by atoms with Crippen molar-refractivity contribution in [2.45, 2.75) is 0 Å². The summed E-state index contributed by atoms with van der Waals surface area (Å²) in [5, 5.41) is 0.776. The number of hydrogen-bond acceptors (Lipinski definition) is 1. The monoisotopic (exact) mass is 395 g/mol. The highest BCUT2D eigenvalue weighted by molar-refractivity contribution is 9.10. The number of fused-ring (bicyclic) bond motifs is 1. The third-order valence-electron chi connectivity index (χ3n) is 3.06. The molecule has 0 atom stereocenters. The number of hydrogen-bond donors (Lipinski definition) is 1. The number of halogens is 3. The van der Waals surface area contributed by atoms with Crippen molar-refractivity contribution in [1.29, 1.82) is 0 Å². The van der Waals surface area contributed by atoms with Gasteiger partial charge < -0.3 is 4.98 Å². The third-order valence-corrected chi connectivity index (χ3v) is 4.05. The predicted molar refractivity (Wildman–Crippen MR) is 83.5 cm³/mol. The topological polar surface area (TPSA) is 32.9 Å². The zero-order chi connectivity index (χ0) is 14.3. The van der Waals surface area contributed by atoms with Crippen molar-refractivity contribution in [2.24, 2.45) is 0 Å². The Morgan fingerprint density at radius 2 is 1.70 bits per heavy atom. The summed E-state index contributed by atoms with van der Waals surface area (Å²) in [6.07, 6.45) is 1.61. The van der Waals surface area contributed by atoms with Gasteiger partial charge in [0.05, 0.1) is 5.56 Å². The maximum absolute atomic E-state index is 13.8. The first-order chi connectivity index (χ1) is 9.56. The molecule has 2 nitrogen and oxygen atoms in total. The molecule has 0 bridgehead atoms. The third kappa shape index (κ3) is 2.31. The number of carbonyl (C=O) groups is 1. The molecule has 0 unspecified atom stereocenters. The zero-order valence-electron chi connectivity index (χ0n) is 10.1. The van der Waals surface area contributed by atoms with Crippen LogP contribution in [0.4, 0.5) is 4.39 Å². The number of carbonyl (C=O) groups excluding carboxylic acids is 1. The Kier molecular flexibility index (Phi) is 3.48. The van der Waals surface area contributed by atoms with Crippen LogP contribution in [0.25, 0.3) is 10.9 Å². The molecule has 0 saturated heterocycles. The van der Waals surface area contributed by atoms with E-state index in [9.17, 15) is 9.18 Å². The van der Waals surface area contributed by atoms with E-state index >= 15 is 0 Å². The van der Waals surface area contributed by atoms with Gasteiger partial charge in [0, 0.05) is 31.6 Å². The first-order valence-corrected chi connectivity index (χ1v) is 7.41. The highest BCUT2D eigenvalue weighted by Gasteiger charge is 2.18. The molecular formula is C15H8Br2FNO. The molecule has 0 amide bonds. The minimum atomic E-state index is -0.523. The van der Waals surface area contributed by atoms with Gasteiger partial charge in [0.2, 0.25) is 0 Å². The molecule has 100 valence electrons. The first-order valence-electron chi connectivity index (χ1n) is 5.82. The van der Waals surface area contributed by atoms with Crippen molar-refractivity contribution in [3.05, 3.63) is 68.5 Å². The fraction of sp³-hybridized carbons (Fsp3) is 0. The lowest BCUT2D eigenvalue weighted by Gasteiger charge is -2.02. The molecule has 0 fully saturated rings. The molecule has 0 aliphatic carbocycles. The highest BCUT2D eigenvalue weighted by atomic mass is 79.9. The van der Waals surface area contributed by atoms with Crippen LogP contribution in [0.2, 0.25) is 0 Å². The maximum Gasteiger partial charge on any atom is 0.198 e. The normalized spacial score (nSPS) is 10.9. The van der Waals surface area contributed by atoms with Crippen LogP contribution < -0.4 is 0 Å². The molecule has 0 radical (unpaired) electrons. The molecule has 0 aliphatic rings. The van der Waals surface area contributed by atoms with Gasteiger partial charge in [-0.15, -0.1) is 0 Å². The van der Waals surface area contributed by atoms with Gasteiger partial charge in [-0.3, -0.25) is 4.79 Å². The van der Waals surface area contributed by atoms with Gasteiger partial charge in [-0.2, -0.15) is 0 Å². The van der Waals surface area contributed by atoms with Crippen LogP contribution in [0.15, 0.2) is 51.5 Å². The molecule has 20 heavy (non-hydrogen) atoms. The number of benzene rings is 2. The fourth-order valence-electron chi connectivity index (χ4n) is 2.10. The van der Waals surface area contributed by atoms with Crippen molar-refractivity contribution < 1.29 is 9.18 Å². The lowest BCUT2D eigenvalue weighted by atomic mass is 10.0. The number of ketones is 1. The molecule has 0 spiro atoms. The van der Waals surface area contributed by atoms with Crippen molar-refractivity contribution in [1.82, 2.24) is 4.98 Å². The maximum atomic E-state index is 13.8. The minimum Gasteiger partial charge on any atom is -0.360 e. The fourth-order valence-corrected chi connectivity index (χ4v) is 2.83. The molecular weight excluding hydrogens is 389 g/mol. The van der Waals surface area contributed by atoms with Gasteiger partial charge in [0.25, 0.3) is 0 Å². The van der Waals surface area contributed by atoms with Crippen molar-refractivity contribution in [3.8, 4) is 0 Å². The van der Waals surface area contributed by atoms with E-state index in [2.05, 4.69) is 36.8 Å². The first kappa shape index (κ1) is 13.5. The van der Waals surface area contributed by atoms with E-state index in [4.69, 9.17) is 0 Å². The summed E-state index contributed by atoms with van der Waals surface area (Å²) < 4.78 is 15.4. The van der Waals surface area contributed by atoms with Crippen molar-refractivity contribution in [3.63, 3.8) is 0 Å². The van der Waals surface area contributed by atoms with Crippen LogP contribution in [0.5, 0.6) is 0 Å². The molecule has 2 aromatic carbocycles. The Hall–Kier alpha value is -1.46. The summed E-state index contributed by atoms with van der Waals surface area (Å²) in [5.41, 5.74) is 1.35. The quantitative estimate of drug-likeness (QED) is 0.603. The summed E-state index contributed by atoms with van der Waals surface area (Å²) in [4.78, 5) is 15.5. The van der Waals surface area contributed by atoms with Crippen LogP contribution in [-0.2, 0) is 0 Å². The van der Waals surface area contributed by atoms with Gasteiger partial charge in [-0.05, 0) is 30.3 Å². The number of rotatable bonds is 2. The van der Waals surface area contributed by atoms with Crippen molar-refractivity contribution in [2.75, 3.05) is 0 Å². The number of H-pyrrole nitrogens is 1. The number of aromatic amines is 1. The van der Waals surface area contributed by atoms with Crippen LogP contribution >= 0.6 is 31.9 Å². The second-order valence-corrected chi connectivity index (χ2v) is 6.18. The largest absolute Gasteiger partial charge is 0.360 e. The Labute approximate surface area is 131 Å². The highest BCUT2D eigenvalue weighted by Crippen LogP contribution is 2.26. The van der Waals surface area contributed by atoms with Gasteiger partial charge in [-0.1, -0.05) is 37.9 Å². The average molecular weight is 397 g/mol. The second-order valence-electron chi connectivity index (χ2n) is 4.35. The average Bonchev–Trinajstić information content (AvgIpc) is 2.83. The summed E-state index contributed by atoms with van der Waals surface area (Å²) in [7, 11) is 0. The standard InChI is InChI=1S/C15H8Br2FNO/c16-8-2-4-13(18)11(5-8)15(20)12-7-19-14-6-9(17)1-3-10(12)14/h1-7,19H. The Morgan fingerprint density at radius 1 is 1.00 bits per heavy atom. The van der Waals surface area contributed by atoms with Gasteiger partial charge in [0.15, 0.2) is 5.78 Å².